The van der Waals surface area contributed by atoms with Gasteiger partial charge in [-0.15, -0.1) is 11.6 Å². The first-order chi connectivity index (χ1) is 9.63. The Balaban J connectivity index is 2.14. The lowest BCUT2D eigenvalue weighted by molar-refractivity contribution is 0.279. The Morgan fingerprint density at radius 1 is 1.15 bits per heavy atom. The summed E-state index contributed by atoms with van der Waals surface area (Å²) < 4.78 is 25.2. The van der Waals surface area contributed by atoms with Crippen LogP contribution in [-0.2, 0) is 12.5 Å². The Kier molecular flexibility index (Phi) is 5.26. The number of hydrogen-bond acceptors (Lipinski definition) is 2. The fourth-order valence-corrected chi connectivity index (χ4v) is 2.21. The molecular formula is C15H13BrClFO2. The number of halogens is 3. The zero-order valence-corrected chi connectivity index (χ0v) is 13.2. The number of rotatable bonds is 5. The fourth-order valence-electron chi connectivity index (χ4n) is 1.71. The minimum atomic E-state index is -0.310. The van der Waals surface area contributed by atoms with Gasteiger partial charge in [0.25, 0.3) is 0 Å². The van der Waals surface area contributed by atoms with Crippen LogP contribution in [0.2, 0.25) is 0 Å². The zero-order chi connectivity index (χ0) is 14.5. The van der Waals surface area contributed by atoms with E-state index in [1.807, 2.05) is 6.07 Å². The predicted octanol–water partition coefficient (Wildman–Crippen LogP) is 4.91. The van der Waals surface area contributed by atoms with Crippen LogP contribution in [0.1, 0.15) is 11.1 Å². The van der Waals surface area contributed by atoms with Crippen LogP contribution in [-0.4, -0.2) is 7.11 Å². The molecule has 0 aliphatic carbocycles. The van der Waals surface area contributed by atoms with Crippen molar-refractivity contribution in [2.75, 3.05) is 7.11 Å². The van der Waals surface area contributed by atoms with Crippen LogP contribution in [0.15, 0.2) is 40.9 Å². The smallest absolute Gasteiger partial charge is 0.161 e. The van der Waals surface area contributed by atoms with Crippen molar-refractivity contribution < 1.29 is 13.9 Å². The van der Waals surface area contributed by atoms with Crippen molar-refractivity contribution >= 4 is 27.5 Å². The van der Waals surface area contributed by atoms with E-state index in [1.54, 1.807) is 31.4 Å². The third-order valence-corrected chi connectivity index (χ3v) is 3.58. The van der Waals surface area contributed by atoms with E-state index >= 15 is 0 Å². The van der Waals surface area contributed by atoms with Crippen molar-refractivity contribution in [1.29, 1.82) is 0 Å². The lowest BCUT2D eigenvalue weighted by Crippen LogP contribution is -2.00. The topological polar surface area (TPSA) is 18.5 Å². The second kappa shape index (κ2) is 6.95. The van der Waals surface area contributed by atoms with Crippen LogP contribution in [0.25, 0.3) is 0 Å². The molecule has 106 valence electrons. The SMILES string of the molecule is COc1cc(CCl)ccc1OCc1ccc(Br)cc1F. The number of methoxy groups -OCH3 is 1. The lowest BCUT2D eigenvalue weighted by atomic mass is 10.2. The van der Waals surface area contributed by atoms with Gasteiger partial charge in [0.1, 0.15) is 12.4 Å². The minimum absolute atomic E-state index is 0.135. The molecule has 2 aromatic rings. The van der Waals surface area contributed by atoms with Gasteiger partial charge >= 0.3 is 0 Å². The summed E-state index contributed by atoms with van der Waals surface area (Å²) in [6.45, 7) is 0.135. The summed E-state index contributed by atoms with van der Waals surface area (Å²) in [5.41, 5.74) is 1.42. The normalized spacial score (nSPS) is 10.4. The van der Waals surface area contributed by atoms with Gasteiger partial charge in [0, 0.05) is 15.9 Å². The summed E-state index contributed by atoms with van der Waals surface area (Å²) in [7, 11) is 1.56. The summed E-state index contributed by atoms with van der Waals surface area (Å²) in [5.74, 6) is 1.23. The number of hydrogen-bond donors (Lipinski definition) is 0. The molecule has 0 bridgehead atoms. The maximum absolute atomic E-state index is 13.7. The van der Waals surface area contributed by atoms with Crippen molar-refractivity contribution in [1.82, 2.24) is 0 Å². The lowest BCUT2D eigenvalue weighted by Gasteiger charge is -2.12. The molecule has 0 N–H and O–H groups in total. The molecule has 0 fully saturated rings. The molecular weight excluding hydrogens is 347 g/mol. The molecule has 5 heteroatoms. The van der Waals surface area contributed by atoms with Gasteiger partial charge in [-0.25, -0.2) is 4.39 Å². The first-order valence-electron chi connectivity index (χ1n) is 5.93. The van der Waals surface area contributed by atoms with Gasteiger partial charge in [-0.1, -0.05) is 28.1 Å². The van der Waals surface area contributed by atoms with Gasteiger partial charge < -0.3 is 9.47 Å². The summed E-state index contributed by atoms with van der Waals surface area (Å²) in [6, 6.07) is 10.3. The molecule has 0 aliphatic rings. The standard InChI is InChI=1S/C15H13BrClFO2/c1-19-15-6-10(8-17)2-5-14(15)20-9-11-3-4-12(16)7-13(11)18/h2-7H,8-9H2,1H3. The highest BCUT2D eigenvalue weighted by Crippen LogP contribution is 2.29. The Morgan fingerprint density at radius 3 is 2.60 bits per heavy atom. The summed E-state index contributed by atoms with van der Waals surface area (Å²) in [4.78, 5) is 0. The van der Waals surface area contributed by atoms with E-state index in [0.29, 0.717) is 27.4 Å². The van der Waals surface area contributed by atoms with Crippen molar-refractivity contribution in [3.63, 3.8) is 0 Å². The molecule has 0 radical (unpaired) electrons. The first kappa shape index (κ1) is 15.1. The van der Waals surface area contributed by atoms with Gasteiger partial charge in [0.05, 0.1) is 7.11 Å². The van der Waals surface area contributed by atoms with E-state index in [1.165, 1.54) is 6.07 Å². The Hall–Kier alpha value is -1.26. The van der Waals surface area contributed by atoms with E-state index in [-0.39, 0.29) is 12.4 Å². The molecule has 2 aromatic carbocycles. The highest BCUT2D eigenvalue weighted by Gasteiger charge is 2.08. The molecule has 2 nitrogen and oxygen atoms in total. The van der Waals surface area contributed by atoms with Crippen molar-refractivity contribution in [3.05, 3.63) is 57.8 Å². The zero-order valence-electron chi connectivity index (χ0n) is 10.8. The molecule has 2 rings (SSSR count). The molecule has 0 saturated carbocycles. The fraction of sp³-hybridized carbons (Fsp3) is 0.200. The average molecular weight is 360 g/mol. The maximum atomic E-state index is 13.7. The van der Waals surface area contributed by atoms with E-state index in [4.69, 9.17) is 21.1 Å². The van der Waals surface area contributed by atoms with Crippen LogP contribution in [0.3, 0.4) is 0 Å². The van der Waals surface area contributed by atoms with Crippen LogP contribution in [0.5, 0.6) is 11.5 Å². The van der Waals surface area contributed by atoms with E-state index in [9.17, 15) is 4.39 Å². The van der Waals surface area contributed by atoms with Gasteiger partial charge in [-0.05, 0) is 29.8 Å². The molecule has 0 aliphatic heterocycles. The summed E-state index contributed by atoms with van der Waals surface area (Å²) >= 11 is 8.98. The van der Waals surface area contributed by atoms with Crippen molar-refractivity contribution in [3.8, 4) is 11.5 Å². The average Bonchev–Trinajstić information content (AvgIpc) is 2.46. The molecule has 0 atom stereocenters. The molecule has 0 heterocycles. The molecule has 0 saturated heterocycles. The number of benzene rings is 2. The molecule has 0 unspecified atom stereocenters. The Labute approximate surface area is 130 Å². The highest BCUT2D eigenvalue weighted by molar-refractivity contribution is 9.10. The van der Waals surface area contributed by atoms with E-state index in [0.717, 1.165) is 5.56 Å². The Bertz CT molecular complexity index is 604. The largest absolute Gasteiger partial charge is 0.493 e. The number of ether oxygens (including phenoxy) is 2. The molecule has 0 spiro atoms. The van der Waals surface area contributed by atoms with Crippen LogP contribution < -0.4 is 9.47 Å². The van der Waals surface area contributed by atoms with Crippen LogP contribution in [0.4, 0.5) is 4.39 Å². The predicted molar refractivity (Wildman–Crippen MR) is 81.0 cm³/mol. The second-order valence-corrected chi connectivity index (χ2v) is 5.33. The van der Waals surface area contributed by atoms with Gasteiger partial charge in [-0.3, -0.25) is 0 Å². The van der Waals surface area contributed by atoms with Gasteiger partial charge in [0.15, 0.2) is 11.5 Å². The monoisotopic (exact) mass is 358 g/mol. The Morgan fingerprint density at radius 2 is 1.95 bits per heavy atom. The van der Waals surface area contributed by atoms with E-state index in [2.05, 4.69) is 15.9 Å². The van der Waals surface area contributed by atoms with Gasteiger partial charge in [0.2, 0.25) is 0 Å². The van der Waals surface area contributed by atoms with Crippen LogP contribution in [0, 0.1) is 5.82 Å². The minimum Gasteiger partial charge on any atom is -0.493 e. The summed E-state index contributed by atoms with van der Waals surface area (Å²) in [6.07, 6.45) is 0. The first-order valence-corrected chi connectivity index (χ1v) is 7.26. The highest BCUT2D eigenvalue weighted by atomic mass is 79.9. The number of alkyl halides is 1. The van der Waals surface area contributed by atoms with Crippen molar-refractivity contribution in [2.45, 2.75) is 12.5 Å². The third-order valence-electron chi connectivity index (χ3n) is 2.78. The second-order valence-electron chi connectivity index (χ2n) is 4.14. The molecule has 20 heavy (non-hydrogen) atoms. The van der Waals surface area contributed by atoms with Gasteiger partial charge in [-0.2, -0.15) is 0 Å². The van der Waals surface area contributed by atoms with Crippen molar-refractivity contribution in [2.24, 2.45) is 0 Å². The molecule has 0 amide bonds. The van der Waals surface area contributed by atoms with Crippen LogP contribution >= 0.6 is 27.5 Å². The summed E-state index contributed by atoms with van der Waals surface area (Å²) in [5, 5.41) is 0. The third kappa shape index (κ3) is 3.64. The molecule has 0 aromatic heterocycles. The van der Waals surface area contributed by atoms with E-state index < -0.39 is 0 Å². The quantitative estimate of drug-likeness (QED) is 0.706. The maximum Gasteiger partial charge on any atom is 0.161 e.